The summed E-state index contributed by atoms with van der Waals surface area (Å²) in [6.45, 7) is 6.84. The summed E-state index contributed by atoms with van der Waals surface area (Å²) in [6, 6.07) is 7.64. The summed E-state index contributed by atoms with van der Waals surface area (Å²) < 4.78 is 7.33. The second-order valence-electron chi connectivity index (χ2n) is 7.39. The zero-order valence-corrected chi connectivity index (χ0v) is 14.7. The lowest BCUT2D eigenvalue weighted by molar-refractivity contribution is -0.118. The fourth-order valence-corrected chi connectivity index (χ4v) is 3.77. The molecule has 1 aromatic carbocycles. The van der Waals surface area contributed by atoms with E-state index in [1.165, 1.54) is 6.33 Å². The van der Waals surface area contributed by atoms with E-state index in [1.54, 1.807) is 4.68 Å². The van der Waals surface area contributed by atoms with Gasteiger partial charge in [0.2, 0.25) is 5.95 Å². The Bertz CT molecular complexity index is 849. The topological polar surface area (TPSA) is 69.0 Å². The number of allylic oxidation sites excluding steroid dienone is 2. The summed E-state index contributed by atoms with van der Waals surface area (Å²) >= 11 is 0. The first-order valence-corrected chi connectivity index (χ1v) is 8.64. The van der Waals surface area contributed by atoms with Crippen molar-refractivity contribution in [2.75, 3.05) is 11.9 Å². The van der Waals surface area contributed by atoms with Gasteiger partial charge in [-0.1, -0.05) is 26.0 Å². The molecule has 2 aliphatic rings. The molecule has 0 radical (unpaired) electrons. The number of carbonyl (C=O) groups excluding carboxylic acids is 1. The van der Waals surface area contributed by atoms with Crippen LogP contribution in [0.2, 0.25) is 0 Å². The number of ketones is 1. The molecule has 0 fully saturated rings. The first kappa shape index (κ1) is 15.9. The number of hydrogen-bond acceptors (Lipinski definition) is 5. The zero-order valence-electron chi connectivity index (χ0n) is 14.7. The van der Waals surface area contributed by atoms with Crippen LogP contribution < -0.4 is 10.1 Å². The molecule has 0 spiro atoms. The third-order valence-electron chi connectivity index (χ3n) is 4.78. The maximum atomic E-state index is 12.9. The Morgan fingerprint density at radius 2 is 2.04 bits per heavy atom. The molecule has 1 aliphatic heterocycles. The van der Waals surface area contributed by atoms with E-state index in [4.69, 9.17) is 4.74 Å². The number of rotatable bonds is 3. The number of nitrogens with zero attached hydrogens (tertiary/aromatic N) is 3. The van der Waals surface area contributed by atoms with Crippen LogP contribution in [0.4, 0.5) is 5.95 Å². The first-order valence-electron chi connectivity index (χ1n) is 8.64. The van der Waals surface area contributed by atoms with E-state index in [-0.39, 0.29) is 17.2 Å². The Kier molecular flexibility index (Phi) is 3.63. The van der Waals surface area contributed by atoms with Gasteiger partial charge in [-0.25, -0.2) is 4.68 Å². The third-order valence-corrected chi connectivity index (χ3v) is 4.78. The summed E-state index contributed by atoms with van der Waals surface area (Å²) in [5.41, 5.74) is 2.74. The van der Waals surface area contributed by atoms with E-state index in [2.05, 4.69) is 29.2 Å². The van der Waals surface area contributed by atoms with Crippen LogP contribution in [0.15, 0.2) is 41.9 Å². The van der Waals surface area contributed by atoms with E-state index >= 15 is 0 Å². The van der Waals surface area contributed by atoms with E-state index in [0.717, 1.165) is 29.0 Å². The number of benzene rings is 1. The van der Waals surface area contributed by atoms with Crippen LogP contribution >= 0.6 is 0 Å². The van der Waals surface area contributed by atoms with Crippen LogP contribution in [0.3, 0.4) is 0 Å². The fourth-order valence-electron chi connectivity index (χ4n) is 3.77. The number of aromatic nitrogens is 3. The van der Waals surface area contributed by atoms with Crippen molar-refractivity contribution in [1.29, 1.82) is 0 Å². The van der Waals surface area contributed by atoms with Crippen molar-refractivity contribution >= 4 is 11.7 Å². The molecule has 0 saturated heterocycles. The lowest BCUT2D eigenvalue weighted by atomic mass is 9.73. The highest BCUT2D eigenvalue weighted by molar-refractivity contribution is 6.00. The number of Topliss-reactive ketones (excluding diaryl/α,β-unsaturated/α-hetero) is 1. The van der Waals surface area contributed by atoms with Gasteiger partial charge in [-0.05, 0) is 36.5 Å². The molecular formula is C19H22N4O2. The quantitative estimate of drug-likeness (QED) is 0.929. The molecule has 1 N–H and O–H groups in total. The van der Waals surface area contributed by atoms with E-state index in [1.807, 2.05) is 31.2 Å². The zero-order chi connectivity index (χ0) is 17.6. The molecule has 130 valence electrons. The van der Waals surface area contributed by atoms with E-state index < -0.39 is 0 Å². The van der Waals surface area contributed by atoms with Gasteiger partial charge in [-0.2, -0.15) is 10.1 Å². The highest BCUT2D eigenvalue weighted by Crippen LogP contribution is 2.45. The molecule has 6 nitrogen and oxygen atoms in total. The Balaban J connectivity index is 1.81. The van der Waals surface area contributed by atoms with E-state index in [0.29, 0.717) is 19.0 Å². The number of carbonyl (C=O) groups is 1. The van der Waals surface area contributed by atoms with Crippen LogP contribution in [0, 0.1) is 5.41 Å². The minimum absolute atomic E-state index is 0.0471. The van der Waals surface area contributed by atoms with Gasteiger partial charge in [0.25, 0.3) is 0 Å². The van der Waals surface area contributed by atoms with Gasteiger partial charge < -0.3 is 10.1 Å². The van der Waals surface area contributed by atoms with Crippen molar-refractivity contribution in [1.82, 2.24) is 14.8 Å². The predicted molar refractivity (Wildman–Crippen MR) is 94.4 cm³/mol. The normalized spacial score (nSPS) is 21.4. The minimum atomic E-state index is -0.243. The maximum Gasteiger partial charge on any atom is 0.226 e. The van der Waals surface area contributed by atoms with E-state index in [9.17, 15) is 4.79 Å². The molecule has 6 heteroatoms. The van der Waals surface area contributed by atoms with Gasteiger partial charge in [0, 0.05) is 17.7 Å². The standard InChI is InChI=1S/C19H22N4O2/c1-4-25-13-7-5-12(6-8-13)17-16-14(9-19(2,3)10-15(16)24)22-18-20-11-21-23(17)18/h5-8,11,17H,4,9-10H2,1-3H3,(H,20,21,22)/t17-/m1/s1. The minimum Gasteiger partial charge on any atom is -0.494 e. The van der Waals surface area contributed by atoms with Crippen molar-refractivity contribution in [2.45, 2.75) is 39.7 Å². The Labute approximate surface area is 146 Å². The molecule has 0 amide bonds. The van der Waals surface area contributed by atoms with Crippen LogP contribution in [0.5, 0.6) is 5.75 Å². The highest BCUT2D eigenvalue weighted by atomic mass is 16.5. The van der Waals surface area contributed by atoms with Crippen molar-refractivity contribution in [3.63, 3.8) is 0 Å². The molecule has 25 heavy (non-hydrogen) atoms. The summed E-state index contributed by atoms with van der Waals surface area (Å²) in [5.74, 6) is 1.69. The number of nitrogens with one attached hydrogen (secondary N) is 1. The summed E-state index contributed by atoms with van der Waals surface area (Å²) in [6.07, 6.45) is 2.90. The van der Waals surface area contributed by atoms with Gasteiger partial charge in [0.05, 0.1) is 6.61 Å². The van der Waals surface area contributed by atoms with Crippen LogP contribution in [0.25, 0.3) is 0 Å². The van der Waals surface area contributed by atoms with Crippen molar-refractivity contribution in [2.24, 2.45) is 5.41 Å². The molecule has 1 atom stereocenters. The van der Waals surface area contributed by atoms with Crippen LogP contribution in [0.1, 0.15) is 45.2 Å². The second kappa shape index (κ2) is 5.72. The van der Waals surface area contributed by atoms with Crippen molar-refractivity contribution in [3.05, 3.63) is 47.4 Å². The summed E-state index contributed by atoms with van der Waals surface area (Å²) in [4.78, 5) is 17.3. The molecule has 0 unspecified atom stereocenters. The van der Waals surface area contributed by atoms with Gasteiger partial charge in [0.1, 0.15) is 18.1 Å². The van der Waals surface area contributed by atoms with Crippen LogP contribution in [-0.2, 0) is 4.79 Å². The highest BCUT2D eigenvalue weighted by Gasteiger charge is 2.41. The predicted octanol–water partition coefficient (Wildman–Crippen LogP) is 3.33. The SMILES string of the molecule is CCOc1ccc([C@@H]2C3=C(CC(C)(C)CC3=O)Nc3ncnn32)cc1. The number of ether oxygens (including phenoxy) is 1. The number of hydrogen-bond donors (Lipinski definition) is 1. The lowest BCUT2D eigenvalue weighted by Gasteiger charge is -2.38. The lowest BCUT2D eigenvalue weighted by Crippen LogP contribution is -2.36. The third kappa shape index (κ3) is 2.71. The molecule has 2 heterocycles. The van der Waals surface area contributed by atoms with Crippen molar-refractivity contribution in [3.8, 4) is 5.75 Å². The average Bonchev–Trinajstić information content (AvgIpc) is 3.01. The van der Waals surface area contributed by atoms with Gasteiger partial charge in [0.15, 0.2) is 5.78 Å². The monoisotopic (exact) mass is 338 g/mol. The molecule has 0 bridgehead atoms. The molecule has 2 aromatic rings. The molecule has 0 saturated carbocycles. The Morgan fingerprint density at radius 1 is 1.28 bits per heavy atom. The van der Waals surface area contributed by atoms with Gasteiger partial charge in [-0.15, -0.1) is 0 Å². The number of fused-ring (bicyclic) bond motifs is 1. The molecule has 1 aliphatic carbocycles. The summed E-state index contributed by atoms with van der Waals surface area (Å²) in [7, 11) is 0. The maximum absolute atomic E-state index is 12.9. The molecule has 1 aromatic heterocycles. The Morgan fingerprint density at radius 3 is 2.76 bits per heavy atom. The smallest absolute Gasteiger partial charge is 0.226 e. The first-order chi connectivity index (χ1) is 12.0. The van der Waals surface area contributed by atoms with Crippen LogP contribution in [-0.4, -0.2) is 27.2 Å². The van der Waals surface area contributed by atoms with Crippen molar-refractivity contribution < 1.29 is 9.53 Å². The number of anilines is 1. The van der Waals surface area contributed by atoms with Gasteiger partial charge >= 0.3 is 0 Å². The largest absolute Gasteiger partial charge is 0.494 e. The average molecular weight is 338 g/mol. The fraction of sp³-hybridized carbons (Fsp3) is 0.421. The Hall–Kier alpha value is -2.63. The van der Waals surface area contributed by atoms with Gasteiger partial charge in [-0.3, -0.25) is 4.79 Å². The molecule has 4 rings (SSSR count). The second-order valence-corrected chi connectivity index (χ2v) is 7.39. The molecular weight excluding hydrogens is 316 g/mol. The summed E-state index contributed by atoms with van der Waals surface area (Å²) in [5, 5.41) is 7.68.